The maximum absolute atomic E-state index is 12.8. The Morgan fingerprint density at radius 1 is 1.25 bits per heavy atom. The molecule has 0 radical (unpaired) electrons. The van der Waals surface area contributed by atoms with Crippen molar-refractivity contribution in [3.63, 3.8) is 0 Å². The molecular weight excluding hydrogens is 300 g/mol. The zero-order chi connectivity index (χ0) is 17.3. The van der Waals surface area contributed by atoms with Crippen LogP contribution in [0.4, 0.5) is 5.69 Å². The van der Waals surface area contributed by atoms with Gasteiger partial charge in [0.2, 0.25) is 11.8 Å². The zero-order valence-electron chi connectivity index (χ0n) is 15.0. The minimum atomic E-state index is -0.185. The van der Waals surface area contributed by atoms with Crippen LogP contribution >= 0.6 is 0 Å². The summed E-state index contributed by atoms with van der Waals surface area (Å²) in [6.45, 7) is 8.61. The zero-order valence-corrected chi connectivity index (χ0v) is 15.0. The predicted molar refractivity (Wildman–Crippen MR) is 96.0 cm³/mol. The lowest BCUT2D eigenvalue weighted by Crippen LogP contribution is -2.42. The van der Waals surface area contributed by atoms with Crippen LogP contribution in [-0.2, 0) is 16.0 Å². The molecule has 2 aliphatic rings. The molecule has 2 aliphatic heterocycles. The van der Waals surface area contributed by atoms with E-state index >= 15 is 0 Å². The van der Waals surface area contributed by atoms with Crippen LogP contribution in [0.2, 0.25) is 0 Å². The van der Waals surface area contributed by atoms with E-state index < -0.39 is 0 Å². The highest BCUT2D eigenvalue weighted by molar-refractivity contribution is 6.01. The molecule has 2 amide bonds. The van der Waals surface area contributed by atoms with E-state index in [1.165, 1.54) is 5.56 Å². The lowest BCUT2D eigenvalue weighted by molar-refractivity contribution is -0.137. The molecule has 2 heterocycles. The van der Waals surface area contributed by atoms with E-state index in [1.807, 2.05) is 28.9 Å². The summed E-state index contributed by atoms with van der Waals surface area (Å²) in [5.74, 6) is 0.775. The summed E-state index contributed by atoms with van der Waals surface area (Å²) in [6, 6.07) is 6.16. The van der Waals surface area contributed by atoms with Crippen molar-refractivity contribution < 1.29 is 9.59 Å². The Bertz CT molecular complexity index is 633. The van der Waals surface area contributed by atoms with E-state index in [2.05, 4.69) is 19.9 Å². The van der Waals surface area contributed by atoms with Crippen molar-refractivity contribution in [1.29, 1.82) is 0 Å². The number of rotatable bonds is 3. The van der Waals surface area contributed by atoms with Crippen LogP contribution in [-0.4, -0.2) is 36.3 Å². The summed E-state index contributed by atoms with van der Waals surface area (Å²) in [4.78, 5) is 29.2. The topological polar surface area (TPSA) is 40.6 Å². The molecule has 0 N–H and O–H groups in total. The van der Waals surface area contributed by atoms with Gasteiger partial charge < -0.3 is 9.80 Å². The Labute approximate surface area is 144 Å². The van der Waals surface area contributed by atoms with Gasteiger partial charge in [-0.1, -0.05) is 32.0 Å². The quantitative estimate of drug-likeness (QED) is 0.855. The molecule has 24 heavy (non-hydrogen) atoms. The number of carbonyl (C=O) groups excluding carboxylic acids is 2. The van der Waals surface area contributed by atoms with Crippen LogP contribution in [0, 0.1) is 18.8 Å². The fourth-order valence-electron chi connectivity index (χ4n) is 3.97. The number of nitrogens with zero attached hydrogens (tertiary/aromatic N) is 2. The second kappa shape index (κ2) is 6.96. The number of carbonyl (C=O) groups is 2. The summed E-state index contributed by atoms with van der Waals surface area (Å²) in [5, 5.41) is 0. The highest BCUT2D eigenvalue weighted by atomic mass is 16.2. The van der Waals surface area contributed by atoms with Crippen LogP contribution in [0.1, 0.15) is 44.2 Å². The van der Waals surface area contributed by atoms with Gasteiger partial charge in [-0.2, -0.15) is 0 Å². The van der Waals surface area contributed by atoms with Crippen LogP contribution in [0.15, 0.2) is 18.2 Å². The first-order valence-electron chi connectivity index (χ1n) is 9.19. The Morgan fingerprint density at radius 3 is 2.62 bits per heavy atom. The van der Waals surface area contributed by atoms with Gasteiger partial charge in [0, 0.05) is 31.7 Å². The molecule has 0 bridgehead atoms. The molecule has 2 saturated heterocycles. The summed E-state index contributed by atoms with van der Waals surface area (Å²) in [7, 11) is 0. The molecule has 3 rings (SSSR count). The first-order valence-corrected chi connectivity index (χ1v) is 9.19. The third-order valence-electron chi connectivity index (χ3n) is 5.54. The molecule has 0 aliphatic carbocycles. The fourth-order valence-corrected chi connectivity index (χ4v) is 3.97. The highest BCUT2D eigenvalue weighted by Gasteiger charge is 2.38. The lowest BCUT2D eigenvalue weighted by Gasteiger charge is -2.32. The third-order valence-corrected chi connectivity index (χ3v) is 5.54. The summed E-state index contributed by atoms with van der Waals surface area (Å²) >= 11 is 0. The van der Waals surface area contributed by atoms with Gasteiger partial charge in [0.25, 0.3) is 0 Å². The molecule has 1 aromatic rings. The number of amides is 2. The third kappa shape index (κ3) is 3.19. The van der Waals surface area contributed by atoms with E-state index in [0.717, 1.165) is 43.6 Å². The standard InChI is InChI=1S/C20H28N2O2/c1-4-16-7-5-6-15(3)19(16)22-13-17(12-18(22)23)20(24)21-10-8-14(2)9-11-21/h5-7,14,17H,4,8-13H2,1-3H3. The maximum Gasteiger partial charge on any atom is 0.228 e. The molecule has 0 spiro atoms. The Hall–Kier alpha value is -1.84. The van der Waals surface area contributed by atoms with Gasteiger partial charge in [-0.05, 0) is 43.2 Å². The number of aryl methyl sites for hydroxylation is 2. The van der Waals surface area contributed by atoms with Crippen LogP contribution in [0.25, 0.3) is 0 Å². The summed E-state index contributed by atoms with van der Waals surface area (Å²) < 4.78 is 0. The number of para-hydroxylation sites is 1. The van der Waals surface area contributed by atoms with Crippen molar-refractivity contribution in [1.82, 2.24) is 4.90 Å². The fraction of sp³-hybridized carbons (Fsp3) is 0.600. The van der Waals surface area contributed by atoms with Gasteiger partial charge in [0.1, 0.15) is 0 Å². The second-order valence-electron chi connectivity index (χ2n) is 7.35. The summed E-state index contributed by atoms with van der Waals surface area (Å²) in [5.41, 5.74) is 3.32. The van der Waals surface area contributed by atoms with Crippen LogP contribution in [0.3, 0.4) is 0 Å². The number of likely N-dealkylation sites (tertiary alicyclic amines) is 1. The van der Waals surface area contributed by atoms with Gasteiger partial charge in [-0.3, -0.25) is 9.59 Å². The second-order valence-corrected chi connectivity index (χ2v) is 7.35. The smallest absolute Gasteiger partial charge is 0.228 e. The van der Waals surface area contributed by atoms with Crippen molar-refractivity contribution in [3.8, 4) is 0 Å². The van der Waals surface area contributed by atoms with Crippen molar-refractivity contribution in [2.24, 2.45) is 11.8 Å². The van der Waals surface area contributed by atoms with Gasteiger partial charge in [-0.15, -0.1) is 0 Å². The number of hydrogen-bond acceptors (Lipinski definition) is 2. The molecule has 1 unspecified atom stereocenters. The average Bonchev–Trinajstić information content (AvgIpc) is 2.96. The number of piperidine rings is 1. The molecule has 1 aromatic carbocycles. The van der Waals surface area contributed by atoms with Crippen LogP contribution < -0.4 is 4.90 Å². The molecular formula is C20H28N2O2. The molecule has 2 fully saturated rings. The van der Waals surface area contributed by atoms with E-state index in [1.54, 1.807) is 0 Å². The van der Waals surface area contributed by atoms with Crippen molar-refractivity contribution in [3.05, 3.63) is 29.3 Å². The predicted octanol–water partition coefficient (Wildman–Crippen LogP) is 3.17. The van der Waals surface area contributed by atoms with Crippen molar-refractivity contribution in [2.45, 2.75) is 46.5 Å². The monoisotopic (exact) mass is 328 g/mol. The van der Waals surface area contributed by atoms with Crippen LogP contribution in [0.5, 0.6) is 0 Å². The van der Waals surface area contributed by atoms with Gasteiger partial charge in [0.15, 0.2) is 0 Å². The first kappa shape index (κ1) is 17.0. The number of anilines is 1. The minimum Gasteiger partial charge on any atom is -0.342 e. The summed E-state index contributed by atoms with van der Waals surface area (Å²) in [6.07, 6.45) is 3.40. The molecule has 4 heteroatoms. The van der Waals surface area contributed by atoms with E-state index in [-0.39, 0.29) is 17.7 Å². The molecule has 0 saturated carbocycles. The van der Waals surface area contributed by atoms with Gasteiger partial charge in [-0.25, -0.2) is 0 Å². The van der Waals surface area contributed by atoms with Gasteiger partial charge in [0.05, 0.1) is 5.92 Å². The molecule has 130 valence electrons. The first-order chi connectivity index (χ1) is 11.5. The Morgan fingerprint density at radius 2 is 1.96 bits per heavy atom. The Kier molecular flexibility index (Phi) is 4.93. The maximum atomic E-state index is 12.8. The average molecular weight is 328 g/mol. The van der Waals surface area contributed by atoms with E-state index in [0.29, 0.717) is 18.9 Å². The van der Waals surface area contributed by atoms with Gasteiger partial charge >= 0.3 is 0 Å². The van der Waals surface area contributed by atoms with Crippen molar-refractivity contribution >= 4 is 17.5 Å². The SMILES string of the molecule is CCc1cccc(C)c1N1CC(C(=O)N2CCC(C)CC2)CC1=O. The van der Waals surface area contributed by atoms with E-state index in [9.17, 15) is 9.59 Å². The molecule has 0 aromatic heterocycles. The largest absolute Gasteiger partial charge is 0.342 e. The minimum absolute atomic E-state index is 0.0859. The van der Waals surface area contributed by atoms with E-state index in [4.69, 9.17) is 0 Å². The normalized spacial score (nSPS) is 22.3. The lowest BCUT2D eigenvalue weighted by atomic mass is 9.97. The highest BCUT2D eigenvalue weighted by Crippen LogP contribution is 2.32. The number of benzene rings is 1. The molecule has 1 atom stereocenters. The van der Waals surface area contributed by atoms with Crippen molar-refractivity contribution in [2.75, 3.05) is 24.5 Å². The molecule has 4 nitrogen and oxygen atoms in total. The number of hydrogen-bond donors (Lipinski definition) is 0. The Balaban J connectivity index is 1.76.